The fraction of sp³-hybridized carbons (Fsp3) is 0.217. The molecule has 0 saturated carbocycles. The predicted molar refractivity (Wildman–Crippen MR) is 126 cm³/mol. The fourth-order valence-corrected chi connectivity index (χ4v) is 3.99. The van der Waals surface area contributed by atoms with Crippen molar-refractivity contribution in [1.82, 2.24) is 9.97 Å². The fourth-order valence-electron chi connectivity index (χ4n) is 3.51. The second kappa shape index (κ2) is 9.22. The van der Waals surface area contributed by atoms with E-state index < -0.39 is 5.82 Å². The van der Waals surface area contributed by atoms with Crippen molar-refractivity contribution >= 4 is 40.4 Å². The van der Waals surface area contributed by atoms with Gasteiger partial charge in [-0.05, 0) is 25.5 Å². The Morgan fingerprint density at radius 3 is 2.64 bits per heavy atom. The Morgan fingerprint density at radius 2 is 2.03 bits per heavy atom. The van der Waals surface area contributed by atoms with Crippen molar-refractivity contribution in [1.29, 1.82) is 10.7 Å². The summed E-state index contributed by atoms with van der Waals surface area (Å²) >= 11 is 12.2. The third kappa shape index (κ3) is 4.42. The minimum Gasteiger partial charge on any atom is -0.486 e. The molecule has 1 unspecified atom stereocenters. The number of nitriles is 1. The first-order valence-corrected chi connectivity index (χ1v) is 10.8. The molecule has 1 fully saturated rings. The van der Waals surface area contributed by atoms with E-state index in [-0.39, 0.29) is 39.4 Å². The van der Waals surface area contributed by atoms with Crippen molar-refractivity contribution < 1.29 is 9.13 Å². The number of hydrogen-bond donors (Lipinski definition) is 2. The number of nitrogen functional groups attached to an aromatic ring is 1. The zero-order valence-corrected chi connectivity index (χ0v) is 19.1. The van der Waals surface area contributed by atoms with Gasteiger partial charge in [0.25, 0.3) is 0 Å². The average molecular weight is 485 g/mol. The molecule has 1 aliphatic rings. The molecule has 0 aliphatic carbocycles. The van der Waals surface area contributed by atoms with E-state index in [4.69, 9.17) is 39.1 Å². The van der Waals surface area contributed by atoms with Gasteiger partial charge in [-0.2, -0.15) is 5.26 Å². The van der Waals surface area contributed by atoms with Gasteiger partial charge in [-0.15, -0.1) is 0 Å². The summed E-state index contributed by atoms with van der Waals surface area (Å²) in [6.07, 6.45) is 5.38. The zero-order chi connectivity index (χ0) is 23.7. The molecule has 0 spiro atoms. The number of pyridine rings is 2. The summed E-state index contributed by atoms with van der Waals surface area (Å²) in [5.74, 6) is -0.217. The standard InChI is InChI=1S/C23H19Cl2FN6O/c1-12-2-3-32(12)23-13(7-27)4-14(8-31-23)22(29)15-5-21(19(26)6-20(15)28)33-11-16-17(24)9-30-10-18(16)25/h4-6,8-10,12,29H,2-3,11,28H2,1H3. The lowest BCUT2D eigenvalue weighted by Crippen LogP contribution is -2.46. The zero-order valence-electron chi connectivity index (χ0n) is 17.6. The molecule has 168 valence electrons. The van der Waals surface area contributed by atoms with Gasteiger partial charge < -0.3 is 15.4 Å². The van der Waals surface area contributed by atoms with Crippen molar-refractivity contribution in [3.63, 3.8) is 0 Å². The highest BCUT2D eigenvalue weighted by atomic mass is 35.5. The Hall–Kier alpha value is -3.41. The summed E-state index contributed by atoms with van der Waals surface area (Å²) in [7, 11) is 0. The van der Waals surface area contributed by atoms with Gasteiger partial charge in [0, 0.05) is 59.6 Å². The number of nitrogens with two attached hydrogens (primary N) is 1. The number of rotatable bonds is 6. The topological polar surface area (TPSA) is 112 Å². The maximum atomic E-state index is 14.5. The maximum absolute atomic E-state index is 14.5. The van der Waals surface area contributed by atoms with Crippen LogP contribution in [0.5, 0.6) is 5.75 Å². The van der Waals surface area contributed by atoms with Crippen molar-refractivity contribution in [2.45, 2.75) is 26.0 Å². The normalized spacial score (nSPS) is 15.0. The van der Waals surface area contributed by atoms with E-state index in [1.807, 2.05) is 4.90 Å². The molecule has 0 radical (unpaired) electrons. The smallest absolute Gasteiger partial charge is 0.167 e. The first kappa shape index (κ1) is 22.8. The first-order chi connectivity index (χ1) is 15.8. The van der Waals surface area contributed by atoms with Crippen LogP contribution in [0.1, 0.15) is 35.6 Å². The van der Waals surface area contributed by atoms with Gasteiger partial charge in [0.2, 0.25) is 0 Å². The number of benzene rings is 1. The minimum absolute atomic E-state index is 0.00969. The molecule has 4 rings (SSSR count). The number of ether oxygens (including phenoxy) is 1. The van der Waals surface area contributed by atoms with Crippen molar-refractivity contribution in [2.24, 2.45) is 0 Å². The molecule has 7 nitrogen and oxygen atoms in total. The molecule has 0 bridgehead atoms. The number of nitrogens with one attached hydrogen (secondary N) is 1. The van der Waals surface area contributed by atoms with E-state index in [2.05, 4.69) is 23.0 Å². The molecular formula is C23H19Cl2FN6O. The molecule has 1 atom stereocenters. The predicted octanol–water partition coefficient (Wildman–Crippen LogP) is 4.97. The molecule has 0 amide bonds. The highest BCUT2D eigenvalue weighted by molar-refractivity contribution is 6.35. The van der Waals surface area contributed by atoms with Gasteiger partial charge in [-0.1, -0.05) is 23.2 Å². The number of aromatic nitrogens is 2. The van der Waals surface area contributed by atoms with E-state index in [1.54, 1.807) is 6.07 Å². The van der Waals surface area contributed by atoms with Crippen LogP contribution in [0.2, 0.25) is 10.0 Å². The third-order valence-corrected chi connectivity index (χ3v) is 6.22. The SMILES string of the molecule is CC1CCN1c1ncc(C(=N)c2cc(OCc3c(Cl)cncc3Cl)c(F)cc2N)cc1C#N. The van der Waals surface area contributed by atoms with E-state index in [9.17, 15) is 9.65 Å². The van der Waals surface area contributed by atoms with E-state index in [0.29, 0.717) is 28.6 Å². The van der Waals surface area contributed by atoms with Gasteiger partial charge in [-0.25, -0.2) is 9.37 Å². The highest BCUT2D eigenvalue weighted by Crippen LogP contribution is 2.31. The summed E-state index contributed by atoms with van der Waals surface area (Å²) in [4.78, 5) is 10.3. The van der Waals surface area contributed by atoms with Gasteiger partial charge in [0.05, 0.1) is 21.3 Å². The lowest BCUT2D eigenvalue weighted by atomic mass is 9.99. The Morgan fingerprint density at radius 1 is 1.30 bits per heavy atom. The summed E-state index contributed by atoms with van der Waals surface area (Å²) < 4.78 is 20.1. The van der Waals surface area contributed by atoms with Crippen LogP contribution in [0.15, 0.2) is 36.8 Å². The molecule has 33 heavy (non-hydrogen) atoms. The Kier molecular flexibility index (Phi) is 6.36. The quantitative estimate of drug-likeness (QED) is 0.377. The molecule has 10 heteroatoms. The highest BCUT2D eigenvalue weighted by Gasteiger charge is 2.27. The molecule has 3 heterocycles. The van der Waals surface area contributed by atoms with Crippen LogP contribution in [-0.4, -0.2) is 28.3 Å². The summed E-state index contributed by atoms with van der Waals surface area (Å²) in [5.41, 5.74) is 7.50. The monoisotopic (exact) mass is 484 g/mol. The van der Waals surface area contributed by atoms with Crippen molar-refractivity contribution in [2.75, 3.05) is 17.2 Å². The molecular weight excluding hydrogens is 466 g/mol. The average Bonchev–Trinajstić information content (AvgIpc) is 2.78. The van der Waals surface area contributed by atoms with Crippen molar-refractivity contribution in [3.05, 3.63) is 74.9 Å². The van der Waals surface area contributed by atoms with Crippen LogP contribution in [0.4, 0.5) is 15.9 Å². The van der Waals surface area contributed by atoms with Gasteiger partial charge in [0.15, 0.2) is 11.6 Å². The lowest BCUT2D eigenvalue weighted by molar-refractivity contribution is 0.290. The van der Waals surface area contributed by atoms with Crippen molar-refractivity contribution in [3.8, 4) is 11.8 Å². The molecule has 1 aromatic carbocycles. The molecule has 1 saturated heterocycles. The summed E-state index contributed by atoms with van der Waals surface area (Å²) in [5, 5.41) is 18.8. The number of nitrogens with zero attached hydrogens (tertiary/aromatic N) is 4. The minimum atomic E-state index is -0.691. The molecule has 2 aromatic heterocycles. The number of anilines is 2. The number of halogens is 3. The largest absolute Gasteiger partial charge is 0.486 e. The number of hydrogen-bond acceptors (Lipinski definition) is 7. The molecule has 3 aromatic rings. The van der Waals surface area contributed by atoms with Crippen LogP contribution in [0, 0.1) is 22.6 Å². The summed E-state index contributed by atoms with van der Waals surface area (Å²) in [6.45, 7) is 2.79. The van der Waals surface area contributed by atoms with Gasteiger partial charge in [-0.3, -0.25) is 10.4 Å². The Bertz CT molecular complexity index is 1270. The summed E-state index contributed by atoms with van der Waals surface area (Å²) in [6, 6.07) is 6.48. The second-order valence-electron chi connectivity index (χ2n) is 7.65. The molecule has 1 aliphatic heterocycles. The Balaban J connectivity index is 1.62. The lowest BCUT2D eigenvalue weighted by Gasteiger charge is -2.40. The van der Waals surface area contributed by atoms with Crippen LogP contribution in [0.25, 0.3) is 0 Å². The third-order valence-electron chi connectivity index (χ3n) is 5.57. The van der Waals surface area contributed by atoms with Crippen LogP contribution >= 0.6 is 23.2 Å². The van der Waals surface area contributed by atoms with Gasteiger partial charge in [0.1, 0.15) is 18.5 Å². The van der Waals surface area contributed by atoms with Crippen LogP contribution in [0.3, 0.4) is 0 Å². The van der Waals surface area contributed by atoms with E-state index in [0.717, 1.165) is 19.0 Å². The second-order valence-corrected chi connectivity index (χ2v) is 8.47. The van der Waals surface area contributed by atoms with E-state index in [1.165, 1.54) is 24.7 Å². The Labute approximate surface area is 200 Å². The van der Waals surface area contributed by atoms with Crippen LogP contribution < -0.4 is 15.4 Å². The van der Waals surface area contributed by atoms with Gasteiger partial charge >= 0.3 is 0 Å². The maximum Gasteiger partial charge on any atom is 0.167 e. The molecule has 3 N–H and O–H groups in total. The van der Waals surface area contributed by atoms with E-state index >= 15 is 0 Å². The van der Waals surface area contributed by atoms with Crippen LogP contribution in [-0.2, 0) is 6.61 Å². The first-order valence-electron chi connectivity index (χ1n) is 10.1.